The van der Waals surface area contributed by atoms with Crippen LogP contribution in [0.15, 0.2) is 18.2 Å². The summed E-state index contributed by atoms with van der Waals surface area (Å²) in [4.78, 5) is 6.39. The summed E-state index contributed by atoms with van der Waals surface area (Å²) in [6.45, 7) is 2.92. The minimum absolute atomic E-state index is 0.432. The van der Waals surface area contributed by atoms with Crippen LogP contribution in [-0.4, -0.2) is 45.5 Å². The molecule has 5 nitrogen and oxygen atoms in total. The Bertz CT molecular complexity index is 390. The number of hydrogen-bond donors (Lipinski definition) is 0. The molecule has 0 unspecified atom stereocenters. The zero-order valence-electron chi connectivity index (χ0n) is 10.9. The van der Waals surface area contributed by atoms with Gasteiger partial charge in [0.05, 0.1) is 6.61 Å². The Morgan fingerprint density at radius 2 is 2.00 bits per heavy atom. The number of nitrogens with zero attached hydrogens (tertiary/aromatic N) is 3. The van der Waals surface area contributed by atoms with E-state index < -0.39 is 0 Å². The number of aromatic nitrogens is 1. The van der Waals surface area contributed by atoms with Crippen LogP contribution in [0, 0.1) is 11.3 Å². The maximum absolute atomic E-state index is 8.86. The minimum Gasteiger partial charge on any atom is -0.385 e. The molecule has 1 aromatic rings. The first kappa shape index (κ1) is 14.4. The van der Waals surface area contributed by atoms with Crippen molar-refractivity contribution in [1.29, 1.82) is 5.26 Å². The fourth-order valence-electron chi connectivity index (χ4n) is 1.60. The van der Waals surface area contributed by atoms with Crippen LogP contribution < -0.4 is 4.90 Å². The summed E-state index contributed by atoms with van der Waals surface area (Å²) in [5.74, 6) is 0.808. The topological polar surface area (TPSA) is 58.4 Å². The van der Waals surface area contributed by atoms with Crippen molar-refractivity contribution >= 4 is 5.82 Å². The van der Waals surface area contributed by atoms with Crippen LogP contribution in [0.2, 0.25) is 0 Å². The lowest BCUT2D eigenvalue weighted by Gasteiger charge is -2.23. The molecule has 0 saturated carbocycles. The molecule has 0 bridgehead atoms. The van der Waals surface area contributed by atoms with Crippen molar-refractivity contribution in [2.45, 2.75) is 6.42 Å². The highest BCUT2D eigenvalue weighted by Crippen LogP contribution is 2.11. The molecule has 0 radical (unpaired) electrons. The van der Waals surface area contributed by atoms with E-state index in [0.717, 1.165) is 25.3 Å². The molecule has 1 rings (SSSR count). The number of nitriles is 1. The number of hydrogen-bond acceptors (Lipinski definition) is 5. The van der Waals surface area contributed by atoms with E-state index in [2.05, 4.69) is 16.0 Å². The molecular formula is C13H19N3O2. The Balaban J connectivity index is 2.70. The summed E-state index contributed by atoms with van der Waals surface area (Å²) in [5, 5.41) is 8.86. The van der Waals surface area contributed by atoms with Crippen molar-refractivity contribution in [1.82, 2.24) is 4.98 Å². The fourth-order valence-corrected chi connectivity index (χ4v) is 1.60. The van der Waals surface area contributed by atoms with Crippen LogP contribution in [0.1, 0.15) is 12.1 Å². The van der Waals surface area contributed by atoms with Crippen molar-refractivity contribution in [2.24, 2.45) is 0 Å². The van der Waals surface area contributed by atoms with E-state index >= 15 is 0 Å². The maximum atomic E-state index is 8.86. The summed E-state index contributed by atoms with van der Waals surface area (Å²) >= 11 is 0. The monoisotopic (exact) mass is 249 g/mol. The second-order valence-corrected chi connectivity index (χ2v) is 3.82. The Morgan fingerprint density at radius 1 is 1.22 bits per heavy atom. The van der Waals surface area contributed by atoms with E-state index in [4.69, 9.17) is 14.7 Å². The number of pyridine rings is 1. The molecule has 0 aromatic carbocycles. The van der Waals surface area contributed by atoms with Gasteiger partial charge in [-0.25, -0.2) is 4.98 Å². The molecule has 0 aliphatic carbocycles. The van der Waals surface area contributed by atoms with Crippen molar-refractivity contribution in [3.05, 3.63) is 23.9 Å². The third kappa shape index (κ3) is 4.70. The number of ether oxygens (including phenoxy) is 2. The van der Waals surface area contributed by atoms with Crippen molar-refractivity contribution < 1.29 is 9.47 Å². The van der Waals surface area contributed by atoms with Crippen molar-refractivity contribution in [3.63, 3.8) is 0 Å². The van der Waals surface area contributed by atoms with E-state index in [0.29, 0.717) is 18.9 Å². The second-order valence-electron chi connectivity index (χ2n) is 3.82. The Labute approximate surface area is 108 Å². The predicted molar refractivity (Wildman–Crippen MR) is 69.5 cm³/mol. The lowest BCUT2D eigenvalue weighted by Crippen LogP contribution is -2.29. The highest BCUT2D eigenvalue weighted by molar-refractivity contribution is 5.41. The van der Waals surface area contributed by atoms with E-state index in [-0.39, 0.29) is 0 Å². The summed E-state index contributed by atoms with van der Waals surface area (Å²) in [5.41, 5.74) is 0.432. The highest BCUT2D eigenvalue weighted by Gasteiger charge is 2.08. The molecule has 5 heteroatoms. The Morgan fingerprint density at radius 3 is 2.67 bits per heavy atom. The molecule has 1 aromatic heterocycles. The molecule has 0 N–H and O–H groups in total. The molecule has 0 atom stereocenters. The Hall–Kier alpha value is -1.64. The molecule has 1 heterocycles. The van der Waals surface area contributed by atoms with Crippen LogP contribution in [0.25, 0.3) is 0 Å². The van der Waals surface area contributed by atoms with Gasteiger partial charge in [-0.2, -0.15) is 5.26 Å². The predicted octanol–water partition coefficient (Wildman–Crippen LogP) is 1.44. The molecule has 0 aliphatic heterocycles. The largest absolute Gasteiger partial charge is 0.385 e. The van der Waals surface area contributed by atoms with Gasteiger partial charge in [0.15, 0.2) is 0 Å². The first-order valence-corrected chi connectivity index (χ1v) is 5.91. The fraction of sp³-hybridized carbons (Fsp3) is 0.538. The normalized spacial score (nSPS) is 10.1. The van der Waals surface area contributed by atoms with Gasteiger partial charge in [-0.15, -0.1) is 0 Å². The quantitative estimate of drug-likeness (QED) is 0.652. The van der Waals surface area contributed by atoms with Gasteiger partial charge in [0, 0.05) is 33.9 Å². The number of rotatable bonds is 8. The zero-order valence-corrected chi connectivity index (χ0v) is 10.9. The average Bonchev–Trinajstić information content (AvgIpc) is 2.42. The SMILES string of the molecule is COCCCN(CCOC)c1cccc(C#N)n1. The van der Waals surface area contributed by atoms with E-state index in [1.165, 1.54) is 0 Å². The highest BCUT2D eigenvalue weighted by atomic mass is 16.5. The number of methoxy groups -OCH3 is 2. The van der Waals surface area contributed by atoms with Gasteiger partial charge in [-0.05, 0) is 18.6 Å². The average molecular weight is 249 g/mol. The van der Waals surface area contributed by atoms with Gasteiger partial charge < -0.3 is 14.4 Å². The molecule has 0 saturated heterocycles. The smallest absolute Gasteiger partial charge is 0.142 e. The lowest BCUT2D eigenvalue weighted by atomic mass is 10.3. The van der Waals surface area contributed by atoms with Crippen molar-refractivity contribution in [2.75, 3.05) is 45.4 Å². The third-order valence-corrected chi connectivity index (χ3v) is 2.51. The molecule has 18 heavy (non-hydrogen) atoms. The van der Waals surface area contributed by atoms with Crippen LogP contribution >= 0.6 is 0 Å². The molecule has 0 aliphatic rings. The van der Waals surface area contributed by atoms with E-state index in [1.54, 1.807) is 20.3 Å². The van der Waals surface area contributed by atoms with Gasteiger partial charge in [0.2, 0.25) is 0 Å². The standard InChI is InChI=1S/C13H19N3O2/c1-17-9-4-7-16(8-10-18-2)13-6-3-5-12(11-14)15-13/h3,5-6H,4,7-10H2,1-2H3. The van der Waals surface area contributed by atoms with Crippen LogP contribution in [0.3, 0.4) is 0 Å². The molecular weight excluding hydrogens is 230 g/mol. The lowest BCUT2D eigenvalue weighted by molar-refractivity contribution is 0.191. The van der Waals surface area contributed by atoms with Gasteiger partial charge in [-0.3, -0.25) is 0 Å². The molecule has 0 fully saturated rings. The van der Waals surface area contributed by atoms with Gasteiger partial charge >= 0.3 is 0 Å². The maximum Gasteiger partial charge on any atom is 0.142 e. The van der Waals surface area contributed by atoms with Crippen LogP contribution in [0.4, 0.5) is 5.82 Å². The summed E-state index contributed by atoms with van der Waals surface area (Å²) < 4.78 is 10.1. The molecule has 0 amide bonds. The van der Waals surface area contributed by atoms with Crippen LogP contribution in [0.5, 0.6) is 0 Å². The first-order chi connectivity index (χ1) is 8.81. The van der Waals surface area contributed by atoms with Crippen LogP contribution in [-0.2, 0) is 9.47 Å². The Kier molecular flexibility index (Phi) is 6.77. The first-order valence-electron chi connectivity index (χ1n) is 5.91. The van der Waals surface area contributed by atoms with Crippen molar-refractivity contribution in [3.8, 4) is 6.07 Å². The van der Waals surface area contributed by atoms with E-state index in [9.17, 15) is 0 Å². The van der Waals surface area contributed by atoms with Gasteiger partial charge in [0.25, 0.3) is 0 Å². The molecule has 0 spiro atoms. The molecule has 98 valence electrons. The van der Waals surface area contributed by atoms with E-state index in [1.807, 2.05) is 12.1 Å². The third-order valence-electron chi connectivity index (χ3n) is 2.51. The second kappa shape index (κ2) is 8.45. The van der Waals surface area contributed by atoms with Gasteiger partial charge in [-0.1, -0.05) is 6.07 Å². The zero-order chi connectivity index (χ0) is 13.2. The minimum atomic E-state index is 0.432. The summed E-state index contributed by atoms with van der Waals surface area (Å²) in [6.07, 6.45) is 0.915. The number of anilines is 1. The summed E-state index contributed by atoms with van der Waals surface area (Å²) in [7, 11) is 3.36. The summed E-state index contributed by atoms with van der Waals surface area (Å²) in [6, 6.07) is 7.50. The van der Waals surface area contributed by atoms with Gasteiger partial charge in [0.1, 0.15) is 17.6 Å².